The number of fused-ring (bicyclic) bond motifs is 1. The summed E-state index contributed by atoms with van der Waals surface area (Å²) in [6.45, 7) is 5.52. The first-order valence-corrected chi connectivity index (χ1v) is 12.4. The van der Waals surface area contributed by atoms with Crippen LogP contribution in [0.5, 0.6) is 0 Å². The van der Waals surface area contributed by atoms with E-state index in [9.17, 15) is 4.79 Å². The molecular formula is C28H29N5O2. The van der Waals surface area contributed by atoms with Crippen molar-refractivity contribution in [1.82, 2.24) is 20.3 Å². The van der Waals surface area contributed by atoms with Crippen molar-refractivity contribution in [2.24, 2.45) is 11.3 Å². The van der Waals surface area contributed by atoms with Gasteiger partial charge in [-0.05, 0) is 74.1 Å². The molecule has 1 amide bonds. The molecule has 3 aromatic heterocycles. The van der Waals surface area contributed by atoms with Gasteiger partial charge in [-0.25, -0.2) is 9.97 Å². The number of aromatic nitrogens is 3. The van der Waals surface area contributed by atoms with E-state index < -0.39 is 0 Å². The highest BCUT2D eigenvalue weighted by Gasteiger charge is 2.59. The molecule has 2 saturated heterocycles. The highest BCUT2D eigenvalue weighted by atomic mass is 16.5. The Balaban J connectivity index is 1.23. The normalized spacial score (nSPS) is 23.7. The van der Waals surface area contributed by atoms with E-state index in [0.717, 1.165) is 79.7 Å². The number of nitrogens with zero attached hydrogens (tertiary/aromatic N) is 3. The van der Waals surface area contributed by atoms with Crippen LogP contribution < -0.4 is 10.6 Å². The second kappa shape index (κ2) is 9.03. The lowest BCUT2D eigenvalue weighted by Crippen LogP contribution is -2.20. The molecule has 3 aromatic rings. The average Bonchev–Trinajstić information content (AvgIpc) is 3.40. The Kier molecular flexibility index (Phi) is 5.71. The Morgan fingerprint density at radius 1 is 1.11 bits per heavy atom. The summed E-state index contributed by atoms with van der Waals surface area (Å²) in [5.41, 5.74) is 3.81. The van der Waals surface area contributed by atoms with Crippen LogP contribution >= 0.6 is 0 Å². The third-order valence-corrected chi connectivity index (χ3v) is 7.81. The molecule has 5 heterocycles. The van der Waals surface area contributed by atoms with E-state index in [1.165, 1.54) is 5.56 Å². The van der Waals surface area contributed by atoms with Crippen LogP contribution in [0, 0.1) is 30.1 Å². The maximum absolute atomic E-state index is 12.8. The monoisotopic (exact) mass is 467 g/mol. The van der Waals surface area contributed by atoms with E-state index in [4.69, 9.17) is 4.74 Å². The molecule has 3 aliphatic rings. The molecule has 1 saturated carbocycles. The first-order chi connectivity index (χ1) is 17.1. The fourth-order valence-corrected chi connectivity index (χ4v) is 5.48. The number of aryl methyl sites for hydroxylation is 1. The summed E-state index contributed by atoms with van der Waals surface area (Å²) < 4.78 is 5.46. The lowest BCUT2D eigenvalue weighted by atomic mass is 9.93. The largest absolute Gasteiger partial charge is 0.381 e. The number of anilines is 1. The van der Waals surface area contributed by atoms with Gasteiger partial charge in [0.1, 0.15) is 11.5 Å². The average molecular weight is 468 g/mol. The Bertz CT molecular complexity index is 1330. The maximum Gasteiger partial charge on any atom is 0.229 e. The maximum atomic E-state index is 12.8. The van der Waals surface area contributed by atoms with Crippen molar-refractivity contribution in [2.45, 2.75) is 38.5 Å². The summed E-state index contributed by atoms with van der Waals surface area (Å²) in [4.78, 5) is 26.4. The number of hydrogen-bond donors (Lipinski definition) is 2. The number of rotatable bonds is 3. The van der Waals surface area contributed by atoms with Gasteiger partial charge >= 0.3 is 0 Å². The zero-order chi connectivity index (χ0) is 23.8. The van der Waals surface area contributed by atoms with Crippen LogP contribution in [0.4, 0.5) is 5.82 Å². The number of amides is 1. The molecule has 0 bridgehead atoms. The third-order valence-electron chi connectivity index (χ3n) is 7.81. The number of ether oxygens (including phenoxy) is 1. The lowest BCUT2D eigenvalue weighted by Gasteiger charge is -2.21. The van der Waals surface area contributed by atoms with Crippen molar-refractivity contribution >= 4 is 22.5 Å². The Labute approximate surface area is 205 Å². The van der Waals surface area contributed by atoms with Crippen LogP contribution in [0.3, 0.4) is 0 Å². The Morgan fingerprint density at radius 3 is 2.77 bits per heavy atom. The number of nitrogens with one attached hydrogen (secondary N) is 2. The molecule has 3 fully saturated rings. The molecule has 1 spiro atoms. The molecule has 7 heteroatoms. The predicted octanol–water partition coefficient (Wildman–Crippen LogP) is 3.57. The molecule has 2 aliphatic heterocycles. The summed E-state index contributed by atoms with van der Waals surface area (Å²) in [5.74, 6) is 7.63. The van der Waals surface area contributed by atoms with Gasteiger partial charge in [0.05, 0.1) is 5.56 Å². The molecule has 7 nitrogen and oxygen atoms in total. The zero-order valence-electron chi connectivity index (χ0n) is 19.9. The molecule has 178 valence electrons. The number of hydrogen-bond acceptors (Lipinski definition) is 6. The highest BCUT2D eigenvalue weighted by Crippen LogP contribution is 2.56. The highest BCUT2D eigenvalue weighted by molar-refractivity contribution is 5.97. The molecule has 2 unspecified atom stereocenters. The molecule has 6 rings (SSSR count). The summed E-state index contributed by atoms with van der Waals surface area (Å²) in [6.07, 6.45) is 9.61. The Hall–Kier alpha value is -3.34. The molecule has 35 heavy (non-hydrogen) atoms. The lowest BCUT2D eigenvalue weighted by molar-refractivity contribution is -0.118. The SMILES string of the molecule is Cc1ncc(C#Cc2ccc(C3CCOCC3)cn2)c2cc(NC(=O)C3CC34CCNC4)ncc12. The minimum Gasteiger partial charge on any atom is -0.381 e. The predicted molar refractivity (Wildman–Crippen MR) is 134 cm³/mol. The van der Waals surface area contributed by atoms with Crippen molar-refractivity contribution < 1.29 is 9.53 Å². The van der Waals surface area contributed by atoms with Gasteiger partial charge in [-0.15, -0.1) is 0 Å². The van der Waals surface area contributed by atoms with Gasteiger partial charge in [0.25, 0.3) is 0 Å². The van der Waals surface area contributed by atoms with Gasteiger partial charge < -0.3 is 15.4 Å². The van der Waals surface area contributed by atoms with Crippen LogP contribution in [0.15, 0.2) is 36.8 Å². The van der Waals surface area contributed by atoms with E-state index in [0.29, 0.717) is 11.7 Å². The van der Waals surface area contributed by atoms with Crippen molar-refractivity contribution in [3.05, 3.63) is 59.3 Å². The molecule has 0 aromatic carbocycles. The van der Waals surface area contributed by atoms with E-state index in [1.54, 1.807) is 12.4 Å². The Morgan fingerprint density at radius 2 is 2.00 bits per heavy atom. The topological polar surface area (TPSA) is 89.0 Å². The molecule has 2 atom stereocenters. The van der Waals surface area contributed by atoms with Crippen LogP contribution in [0.2, 0.25) is 0 Å². The summed E-state index contributed by atoms with van der Waals surface area (Å²) in [7, 11) is 0. The van der Waals surface area contributed by atoms with Crippen molar-refractivity contribution in [3.8, 4) is 11.8 Å². The number of carbonyl (C=O) groups excluding carboxylic acids is 1. The minimum atomic E-state index is 0.0628. The van der Waals surface area contributed by atoms with E-state index in [2.05, 4.69) is 43.5 Å². The fourth-order valence-electron chi connectivity index (χ4n) is 5.48. The zero-order valence-corrected chi connectivity index (χ0v) is 19.9. The van der Waals surface area contributed by atoms with Crippen LogP contribution in [-0.4, -0.2) is 47.2 Å². The van der Waals surface area contributed by atoms with Gasteiger partial charge in [-0.3, -0.25) is 9.78 Å². The quantitative estimate of drug-likeness (QED) is 0.573. The third kappa shape index (κ3) is 4.40. The second-order valence-corrected chi connectivity index (χ2v) is 10.0. The van der Waals surface area contributed by atoms with E-state index >= 15 is 0 Å². The van der Waals surface area contributed by atoms with Crippen molar-refractivity contribution in [1.29, 1.82) is 0 Å². The van der Waals surface area contributed by atoms with E-state index in [1.807, 2.05) is 25.3 Å². The molecule has 1 aliphatic carbocycles. The summed E-state index contributed by atoms with van der Waals surface area (Å²) in [6, 6.07) is 6.02. The molecule has 0 radical (unpaired) electrons. The fraction of sp³-hybridized carbons (Fsp3) is 0.429. The van der Waals surface area contributed by atoms with Crippen LogP contribution in [0.1, 0.15) is 54.1 Å². The van der Waals surface area contributed by atoms with Crippen molar-refractivity contribution in [3.63, 3.8) is 0 Å². The van der Waals surface area contributed by atoms with Gasteiger partial charge in [-0.1, -0.05) is 12.0 Å². The first-order valence-electron chi connectivity index (χ1n) is 12.4. The van der Waals surface area contributed by atoms with Crippen LogP contribution in [-0.2, 0) is 9.53 Å². The number of pyridine rings is 3. The van der Waals surface area contributed by atoms with E-state index in [-0.39, 0.29) is 17.2 Å². The minimum absolute atomic E-state index is 0.0628. The second-order valence-electron chi connectivity index (χ2n) is 10.0. The smallest absolute Gasteiger partial charge is 0.229 e. The standard InChI is InChI=1S/C28H29N5O2/c1-18-24-16-32-26(33-27(34)25-13-28(25)8-9-29-17-28)12-23(24)21(15-30-18)3-5-22-4-2-20(14-31-22)19-6-10-35-11-7-19/h2,4,12,14-16,19,25,29H,6-11,13,17H2,1H3,(H,32,33,34). The summed E-state index contributed by atoms with van der Waals surface area (Å²) in [5, 5.41) is 8.28. The van der Waals surface area contributed by atoms with Gasteiger partial charge in [0.15, 0.2) is 0 Å². The summed E-state index contributed by atoms with van der Waals surface area (Å²) >= 11 is 0. The first kappa shape index (κ1) is 22.1. The van der Waals surface area contributed by atoms with Crippen LogP contribution in [0.25, 0.3) is 10.8 Å². The van der Waals surface area contributed by atoms with Gasteiger partial charge in [-0.2, -0.15) is 0 Å². The van der Waals surface area contributed by atoms with Gasteiger partial charge in [0.2, 0.25) is 5.91 Å². The van der Waals surface area contributed by atoms with Crippen molar-refractivity contribution in [2.75, 3.05) is 31.6 Å². The van der Waals surface area contributed by atoms with Gasteiger partial charge in [0, 0.05) is 60.7 Å². The number of carbonyl (C=O) groups is 1. The molecule has 2 N–H and O–H groups in total. The molecular weight excluding hydrogens is 438 g/mol.